The Kier molecular flexibility index (Phi) is 2.93. The second-order valence-corrected chi connectivity index (χ2v) is 3.62. The lowest BCUT2D eigenvalue weighted by atomic mass is 10.3. The van der Waals surface area contributed by atoms with Crippen molar-refractivity contribution in [2.24, 2.45) is 7.05 Å². The Labute approximate surface area is 99.3 Å². The van der Waals surface area contributed by atoms with Gasteiger partial charge in [0.1, 0.15) is 5.69 Å². The first-order valence-electron chi connectivity index (χ1n) is 4.87. The molecule has 0 bridgehead atoms. The third-order valence-corrected chi connectivity index (χ3v) is 2.27. The average molecular weight is 260 g/mol. The summed E-state index contributed by atoms with van der Waals surface area (Å²) in [6, 6.07) is 0. The van der Waals surface area contributed by atoms with Gasteiger partial charge in [-0.1, -0.05) is 0 Å². The van der Waals surface area contributed by atoms with Crippen molar-refractivity contribution in [1.29, 1.82) is 0 Å². The van der Waals surface area contributed by atoms with Crippen LogP contribution in [-0.2, 0) is 7.05 Å². The lowest BCUT2D eigenvalue weighted by molar-refractivity contribution is 0.411. The number of nitrogens with one attached hydrogen (secondary N) is 1. The minimum atomic E-state index is -1.71. The van der Waals surface area contributed by atoms with Crippen LogP contribution in [0.1, 0.15) is 5.69 Å². The first-order valence-corrected chi connectivity index (χ1v) is 4.87. The van der Waals surface area contributed by atoms with Gasteiger partial charge in [-0.3, -0.25) is 4.68 Å². The molecule has 0 radical (unpaired) electrons. The molecule has 2 rings (SSSR count). The number of nitrogens with zero attached hydrogens (tertiary/aromatic N) is 3. The highest BCUT2D eigenvalue weighted by atomic mass is 19.2. The van der Waals surface area contributed by atoms with Crippen molar-refractivity contribution in [1.82, 2.24) is 14.8 Å². The number of hydrogen-bond acceptors (Lipinski definition) is 3. The minimum Gasteiger partial charge on any atom is -0.348 e. The quantitative estimate of drug-likeness (QED) is 0.666. The van der Waals surface area contributed by atoms with Crippen molar-refractivity contribution in [2.75, 3.05) is 5.32 Å². The number of aryl methyl sites for hydroxylation is 2. The maximum absolute atomic E-state index is 13.3. The second-order valence-electron chi connectivity index (χ2n) is 3.62. The molecule has 0 saturated heterocycles. The summed E-state index contributed by atoms with van der Waals surface area (Å²) in [5, 5.41) is 6.18. The summed E-state index contributed by atoms with van der Waals surface area (Å²) in [7, 11) is 1.60. The van der Waals surface area contributed by atoms with Gasteiger partial charge in [0.2, 0.25) is 11.6 Å². The molecule has 0 atom stereocenters. The monoisotopic (exact) mass is 260 g/mol. The van der Waals surface area contributed by atoms with Crippen LogP contribution < -0.4 is 5.32 Å². The number of halogens is 4. The van der Waals surface area contributed by atoms with Gasteiger partial charge in [0.05, 0.1) is 11.4 Å². The van der Waals surface area contributed by atoms with Gasteiger partial charge < -0.3 is 5.32 Å². The summed E-state index contributed by atoms with van der Waals surface area (Å²) < 4.78 is 53.8. The lowest BCUT2D eigenvalue weighted by Gasteiger charge is -2.08. The summed E-state index contributed by atoms with van der Waals surface area (Å²) in [5.41, 5.74) is -0.273. The van der Waals surface area contributed by atoms with E-state index in [0.29, 0.717) is 5.69 Å². The molecular weight excluding hydrogens is 252 g/mol. The van der Waals surface area contributed by atoms with Gasteiger partial charge in [-0.2, -0.15) is 27.6 Å². The van der Waals surface area contributed by atoms with E-state index in [4.69, 9.17) is 0 Å². The zero-order valence-electron chi connectivity index (χ0n) is 9.43. The van der Waals surface area contributed by atoms with E-state index in [-0.39, 0.29) is 5.69 Å². The van der Waals surface area contributed by atoms with Crippen LogP contribution in [0.25, 0.3) is 0 Å². The van der Waals surface area contributed by atoms with Crippen molar-refractivity contribution in [3.05, 3.63) is 35.4 Å². The van der Waals surface area contributed by atoms with Crippen molar-refractivity contribution >= 4 is 11.4 Å². The number of aromatic nitrogens is 3. The third-order valence-electron chi connectivity index (χ3n) is 2.27. The molecule has 0 amide bonds. The molecule has 0 unspecified atom stereocenters. The van der Waals surface area contributed by atoms with Crippen molar-refractivity contribution in [3.8, 4) is 0 Å². The molecule has 0 saturated carbocycles. The van der Waals surface area contributed by atoms with E-state index in [1.54, 1.807) is 14.0 Å². The van der Waals surface area contributed by atoms with Crippen molar-refractivity contribution in [2.45, 2.75) is 6.92 Å². The Morgan fingerprint density at radius 2 is 1.67 bits per heavy atom. The van der Waals surface area contributed by atoms with E-state index >= 15 is 0 Å². The molecular formula is C10H8F4N4. The third kappa shape index (κ3) is 2.01. The Bertz CT molecular complexity index is 582. The summed E-state index contributed by atoms with van der Waals surface area (Å²) in [4.78, 5) is 2.46. The van der Waals surface area contributed by atoms with Gasteiger partial charge in [0.15, 0.2) is 0 Å². The predicted octanol–water partition coefficient (Wildman–Crippen LogP) is 2.42. The Balaban J connectivity index is 2.49. The summed E-state index contributed by atoms with van der Waals surface area (Å²) >= 11 is 0. The molecule has 0 spiro atoms. The highest BCUT2D eigenvalue weighted by Crippen LogP contribution is 2.26. The fourth-order valence-corrected chi connectivity index (χ4v) is 1.45. The van der Waals surface area contributed by atoms with Crippen molar-refractivity contribution in [3.63, 3.8) is 0 Å². The van der Waals surface area contributed by atoms with E-state index < -0.39 is 29.2 Å². The van der Waals surface area contributed by atoms with Gasteiger partial charge in [0.25, 0.3) is 11.9 Å². The SMILES string of the molecule is Cc1nn(C)cc1Nc1c(F)c(F)nc(F)c1F. The molecule has 0 aliphatic rings. The van der Waals surface area contributed by atoms with Crippen LogP contribution in [0, 0.1) is 30.5 Å². The molecule has 96 valence electrons. The van der Waals surface area contributed by atoms with E-state index in [9.17, 15) is 17.6 Å². The second kappa shape index (κ2) is 4.28. The highest BCUT2D eigenvalue weighted by molar-refractivity contribution is 5.61. The van der Waals surface area contributed by atoms with Gasteiger partial charge in [-0.25, -0.2) is 0 Å². The van der Waals surface area contributed by atoms with Crippen LogP contribution in [0.4, 0.5) is 28.9 Å². The number of rotatable bonds is 2. The standard InChI is InChI=1S/C10H8F4N4/c1-4-5(3-18(2)17-4)15-8-6(11)9(13)16-10(14)7(8)12/h3H,1-2H3,(H,15,16). The molecule has 0 aliphatic carbocycles. The molecule has 18 heavy (non-hydrogen) atoms. The van der Waals surface area contributed by atoms with E-state index in [1.165, 1.54) is 10.9 Å². The molecule has 4 nitrogen and oxygen atoms in total. The Morgan fingerprint density at radius 3 is 2.11 bits per heavy atom. The molecule has 2 heterocycles. The smallest absolute Gasteiger partial charge is 0.253 e. The Morgan fingerprint density at radius 1 is 1.11 bits per heavy atom. The van der Waals surface area contributed by atoms with Gasteiger partial charge >= 0.3 is 0 Å². The van der Waals surface area contributed by atoms with Gasteiger partial charge in [-0.15, -0.1) is 0 Å². The maximum Gasteiger partial charge on any atom is 0.253 e. The zero-order valence-corrected chi connectivity index (χ0v) is 9.43. The fourth-order valence-electron chi connectivity index (χ4n) is 1.45. The molecule has 0 aromatic carbocycles. The lowest BCUT2D eigenvalue weighted by Crippen LogP contribution is -2.06. The molecule has 2 aromatic heterocycles. The normalized spacial score (nSPS) is 10.8. The van der Waals surface area contributed by atoms with E-state index in [0.717, 1.165) is 0 Å². The molecule has 1 N–H and O–H groups in total. The summed E-state index contributed by atoms with van der Waals surface area (Å²) in [5.74, 6) is -6.59. The molecule has 2 aromatic rings. The fraction of sp³-hybridized carbons (Fsp3) is 0.200. The van der Waals surface area contributed by atoms with Crippen LogP contribution in [0.2, 0.25) is 0 Å². The van der Waals surface area contributed by atoms with Gasteiger partial charge in [0, 0.05) is 13.2 Å². The zero-order chi connectivity index (χ0) is 13.4. The van der Waals surface area contributed by atoms with E-state index in [2.05, 4.69) is 15.4 Å². The molecule has 0 fully saturated rings. The van der Waals surface area contributed by atoms with Crippen LogP contribution in [0.3, 0.4) is 0 Å². The number of hydrogen-bond donors (Lipinski definition) is 1. The highest BCUT2D eigenvalue weighted by Gasteiger charge is 2.21. The van der Waals surface area contributed by atoms with Crippen LogP contribution >= 0.6 is 0 Å². The summed E-state index contributed by atoms with van der Waals surface area (Å²) in [6.45, 7) is 1.58. The topological polar surface area (TPSA) is 42.7 Å². The molecule has 0 aliphatic heterocycles. The first kappa shape index (κ1) is 12.3. The van der Waals surface area contributed by atoms with E-state index in [1.807, 2.05) is 0 Å². The minimum absolute atomic E-state index is 0.236. The van der Waals surface area contributed by atoms with Gasteiger partial charge in [-0.05, 0) is 6.92 Å². The predicted molar refractivity (Wildman–Crippen MR) is 55.3 cm³/mol. The van der Waals surface area contributed by atoms with Crippen LogP contribution in [0.15, 0.2) is 6.20 Å². The first-order chi connectivity index (χ1) is 8.40. The average Bonchev–Trinajstić information content (AvgIpc) is 2.61. The van der Waals surface area contributed by atoms with Crippen LogP contribution in [0.5, 0.6) is 0 Å². The number of pyridine rings is 1. The number of anilines is 2. The summed E-state index contributed by atoms with van der Waals surface area (Å²) in [6.07, 6.45) is 1.42. The largest absolute Gasteiger partial charge is 0.348 e. The molecule has 8 heteroatoms. The van der Waals surface area contributed by atoms with Crippen LogP contribution in [-0.4, -0.2) is 14.8 Å². The Hall–Kier alpha value is -2.12. The maximum atomic E-state index is 13.3. The van der Waals surface area contributed by atoms with Crippen molar-refractivity contribution < 1.29 is 17.6 Å².